The van der Waals surface area contributed by atoms with E-state index in [-0.39, 0.29) is 5.69 Å². The standard InChI is InChI=1S/C13H12N2O2.C2H4/c1-9-3-2-4-10(7-9)15-11-5-6-12(13(16)17)14-8-11;1-2/h2-8,15H,1H3,(H,16,17);1-2H2. The second-order valence-electron chi connectivity index (χ2n) is 3.73. The monoisotopic (exact) mass is 256 g/mol. The lowest BCUT2D eigenvalue weighted by atomic mass is 10.2. The molecule has 0 atom stereocenters. The zero-order valence-electron chi connectivity index (χ0n) is 10.8. The van der Waals surface area contributed by atoms with E-state index in [1.807, 2.05) is 31.2 Å². The highest BCUT2D eigenvalue weighted by Gasteiger charge is 2.03. The molecule has 1 heterocycles. The van der Waals surface area contributed by atoms with Crippen molar-refractivity contribution in [3.05, 3.63) is 67.0 Å². The van der Waals surface area contributed by atoms with Crippen LogP contribution in [0.25, 0.3) is 0 Å². The van der Waals surface area contributed by atoms with E-state index in [0.29, 0.717) is 0 Å². The minimum absolute atomic E-state index is 0.0415. The van der Waals surface area contributed by atoms with Crippen molar-refractivity contribution in [2.75, 3.05) is 5.32 Å². The van der Waals surface area contributed by atoms with E-state index in [1.54, 1.807) is 6.07 Å². The SMILES string of the molecule is C=C.Cc1cccc(Nc2ccc(C(=O)O)nc2)c1. The number of carboxylic acid groups (broad SMARTS) is 1. The van der Waals surface area contributed by atoms with E-state index in [2.05, 4.69) is 23.5 Å². The highest BCUT2D eigenvalue weighted by molar-refractivity contribution is 5.85. The van der Waals surface area contributed by atoms with Crippen LogP contribution in [0.1, 0.15) is 16.1 Å². The van der Waals surface area contributed by atoms with Crippen LogP contribution in [0.2, 0.25) is 0 Å². The summed E-state index contributed by atoms with van der Waals surface area (Å²) in [6, 6.07) is 11.1. The Morgan fingerprint density at radius 2 is 1.95 bits per heavy atom. The second-order valence-corrected chi connectivity index (χ2v) is 3.73. The number of nitrogens with zero attached hydrogens (tertiary/aromatic N) is 1. The number of aromatic carboxylic acids is 1. The van der Waals surface area contributed by atoms with Gasteiger partial charge < -0.3 is 10.4 Å². The molecule has 4 nitrogen and oxygen atoms in total. The average Bonchev–Trinajstić information content (AvgIpc) is 2.41. The Labute approximate surface area is 112 Å². The predicted octanol–water partition coefficient (Wildman–Crippen LogP) is 3.63. The van der Waals surface area contributed by atoms with Gasteiger partial charge in [0.1, 0.15) is 5.69 Å². The molecule has 0 radical (unpaired) electrons. The Morgan fingerprint density at radius 1 is 1.21 bits per heavy atom. The van der Waals surface area contributed by atoms with E-state index in [1.165, 1.54) is 12.3 Å². The Bertz CT molecular complexity index is 550. The largest absolute Gasteiger partial charge is 0.477 e. The van der Waals surface area contributed by atoms with Crippen LogP contribution in [-0.4, -0.2) is 16.1 Å². The maximum atomic E-state index is 10.6. The van der Waals surface area contributed by atoms with Crippen molar-refractivity contribution in [3.8, 4) is 0 Å². The molecule has 2 N–H and O–H groups in total. The van der Waals surface area contributed by atoms with Crippen molar-refractivity contribution >= 4 is 17.3 Å². The van der Waals surface area contributed by atoms with Gasteiger partial charge in [0.15, 0.2) is 0 Å². The summed E-state index contributed by atoms with van der Waals surface area (Å²) in [4.78, 5) is 14.5. The highest BCUT2D eigenvalue weighted by atomic mass is 16.4. The van der Waals surface area contributed by atoms with Crippen molar-refractivity contribution in [2.45, 2.75) is 6.92 Å². The molecule has 98 valence electrons. The predicted molar refractivity (Wildman–Crippen MR) is 76.9 cm³/mol. The molecule has 19 heavy (non-hydrogen) atoms. The Balaban J connectivity index is 0.000000861. The van der Waals surface area contributed by atoms with E-state index < -0.39 is 5.97 Å². The number of rotatable bonds is 3. The third-order valence-corrected chi connectivity index (χ3v) is 2.29. The summed E-state index contributed by atoms with van der Waals surface area (Å²) < 4.78 is 0. The number of hydrogen-bond acceptors (Lipinski definition) is 3. The first-order valence-corrected chi connectivity index (χ1v) is 5.68. The third-order valence-electron chi connectivity index (χ3n) is 2.29. The van der Waals surface area contributed by atoms with Crippen LogP contribution in [0.3, 0.4) is 0 Å². The Morgan fingerprint density at radius 3 is 2.47 bits per heavy atom. The van der Waals surface area contributed by atoms with E-state index in [0.717, 1.165) is 16.9 Å². The molecule has 0 fully saturated rings. The molecule has 1 aromatic heterocycles. The number of carbonyl (C=O) groups is 1. The molecular formula is C15H16N2O2. The van der Waals surface area contributed by atoms with Crippen LogP contribution in [0.5, 0.6) is 0 Å². The molecule has 1 aromatic carbocycles. The maximum absolute atomic E-state index is 10.6. The van der Waals surface area contributed by atoms with Gasteiger partial charge in [0.05, 0.1) is 11.9 Å². The van der Waals surface area contributed by atoms with Gasteiger partial charge in [0.25, 0.3) is 0 Å². The second kappa shape index (κ2) is 6.96. The topological polar surface area (TPSA) is 62.2 Å². The third kappa shape index (κ3) is 4.27. The zero-order chi connectivity index (χ0) is 14.3. The molecule has 2 aromatic rings. The van der Waals surface area contributed by atoms with Crippen LogP contribution in [-0.2, 0) is 0 Å². The lowest BCUT2D eigenvalue weighted by Gasteiger charge is -2.06. The molecular weight excluding hydrogens is 240 g/mol. The molecule has 0 aliphatic carbocycles. The van der Waals surface area contributed by atoms with Gasteiger partial charge in [0.2, 0.25) is 0 Å². The van der Waals surface area contributed by atoms with Crippen molar-refractivity contribution in [1.29, 1.82) is 0 Å². The fraction of sp³-hybridized carbons (Fsp3) is 0.0667. The van der Waals surface area contributed by atoms with Crippen LogP contribution in [0.15, 0.2) is 55.8 Å². The van der Waals surface area contributed by atoms with Gasteiger partial charge in [-0.25, -0.2) is 9.78 Å². The van der Waals surface area contributed by atoms with Crippen molar-refractivity contribution in [2.24, 2.45) is 0 Å². The fourth-order valence-corrected chi connectivity index (χ4v) is 1.48. The van der Waals surface area contributed by atoms with Gasteiger partial charge in [-0.1, -0.05) is 12.1 Å². The van der Waals surface area contributed by atoms with Crippen molar-refractivity contribution < 1.29 is 9.90 Å². The summed E-state index contributed by atoms with van der Waals surface area (Å²) in [6.45, 7) is 8.01. The minimum Gasteiger partial charge on any atom is -0.477 e. The van der Waals surface area contributed by atoms with Crippen molar-refractivity contribution in [1.82, 2.24) is 4.98 Å². The molecule has 0 bridgehead atoms. The number of hydrogen-bond donors (Lipinski definition) is 2. The first-order chi connectivity index (χ1) is 9.15. The number of aromatic nitrogens is 1. The van der Waals surface area contributed by atoms with Crippen LogP contribution >= 0.6 is 0 Å². The normalized spacial score (nSPS) is 9.11. The molecule has 0 aliphatic rings. The van der Waals surface area contributed by atoms with Crippen LogP contribution in [0, 0.1) is 6.92 Å². The molecule has 0 aliphatic heterocycles. The number of benzene rings is 1. The van der Waals surface area contributed by atoms with E-state index in [9.17, 15) is 4.79 Å². The van der Waals surface area contributed by atoms with Crippen molar-refractivity contribution in [3.63, 3.8) is 0 Å². The molecule has 0 saturated carbocycles. The molecule has 0 spiro atoms. The van der Waals surface area contributed by atoms with Gasteiger partial charge in [-0.3, -0.25) is 0 Å². The summed E-state index contributed by atoms with van der Waals surface area (Å²) >= 11 is 0. The van der Waals surface area contributed by atoms with Gasteiger partial charge in [-0.05, 0) is 36.8 Å². The first-order valence-electron chi connectivity index (χ1n) is 5.68. The lowest BCUT2D eigenvalue weighted by Crippen LogP contribution is -2.00. The number of aryl methyl sites for hydroxylation is 1. The van der Waals surface area contributed by atoms with Gasteiger partial charge >= 0.3 is 5.97 Å². The molecule has 0 amide bonds. The summed E-state index contributed by atoms with van der Waals surface area (Å²) in [5.41, 5.74) is 2.92. The average molecular weight is 256 g/mol. The van der Waals surface area contributed by atoms with Gasteiger partial charge in [-0.2, -0.15) is 0 Å². The maximum Gasteiger partial charge on any atom is 0.354 e. The molecule has 0 saturated heterocycles. The number of nitrogens with one attached hydrogen (secondary N) is 1. The number of pyridine rings is 1. The fourth-order valence-electron chi connectivity index (χ4n) is 1.48. The summed E-state index contributed by atoms with van der Waals surface area (Å²) in [5.74, 6) is -1.02. The number of carboxylic acids is 1. The summed E-state index contributed by atoms with van der Waals surface area (Å²) in [7, 11) is 0. The minimum atomic E-state index is -1.02. The smallest absolute Gasteiger partial charge is 0.354 e. The van der Waals surface area contributed by atoms with Gasteiger partial charge in [-0.15, -0.1) is 13.2 Å². The number of anilines is 2. The quantitative estimate of drug-likeness (QED) is 0.823. The van der Waals surface area contributed by atoms with E-state index in [4.69, 9.17) is 5.11 Å². The summed E-state index contributed by atoms with van der Waals surface area (Å²) in [6.07, 6.45) is 1.51. The van der Waals surface area contributed by atoms with Crippen LogP contribution in [0.4, 0.5) is 11.4 Å². The zero-order valence-corrected chi connectivity index (χ0v) is 10.8. The molecule has 2 rings (SSSR count). The summed E-state index contributed by atoms with van der Waals surface area (Å²) in [5, 5.41) is 11.9. The Kier molecular flexibility index (Phi) is 5.29. The lowest BCUT2D eigenvalue weighted by molar-refractivity contribution is 0.0690. The molecule has 0 unspecified atom stereocenters. The first kappa shape index (κ1) is 14.4. The van der Waals surface area contributed by atoms with Crippen LogP contribution < -0.4 is 5.32 Å². The highest BCUT2D eigenvalue weighted by Crippen LogP contribution is 2.16. The van der Waals surface area contributed by atoms with Gasteiger partial charge in [0, 0.05) is 5.69 Å². The van der Waals surface area contributed by atoms with E-state index >= 15 is 0 Å². The molecule has 4 heteroatoms. The Hall–Kier alpha value is -2.62.